The molecule has 0 aliphatic rings. The van der Waals surface area contributed by atoms with Gasteiger partial charge in [-0.15, -0.1) is 0 Å². The monoisotopic (exact) mass is 438 g/mol. The Morgan fingerprint density at radius 1 is 1.00 bits per heavy atom. The van der Waals surface area contributed by atoms with Gasteiger partial charge in [-0.25, -0.2) is 9.59 Å². The Kier molecular flexibility index (Phi) is 11.2. The molecule has 0 aromatic carbocycles. The van der Waals surface area contributed by atoms with Crippen LogP contribution in [0.15, 0.2) is 0 Å². The molecule has 2 amide bonds. The summed E-state index contributed by atoms with van der Waals surface area (Å²) in [5.74, 6) is -1.06. The van der Waals surface area contributed by atoms with E-state index in [0.717, 1.165) is 0 Å². The highest BCUT2D eigenvalue weighted by atomic mass is 32.2. The molecule has 0 aliphatic heterocycles. The lowest BCUT2D eigenvalue weighted by molar-refractivity contribution is -0.161. The van der Waals surface area contributed by atoms with Gasteiger partial charge in [0.1, 0.15) is 0 Å². The highest BCUT2D eigenvalue weighted by Gasteiger charge is 2.33. The van der Waals surface area contributed by atoms with Gasteiger partial charge in [-0.3, -0.25) is 8.98 Å². The molecule has 0 fully saturated rings. The maximum Gasteiger partial charge on any atom is 0.408 e. The van der Waals surface area contributed by atoms with Gasteiger partial charge in [0, 0.05) is 20.0 Å². The molecule has 0 unspecified atom stereocenters. The van der Waals surface area contributed by atoms with Crippen LogP contribution in [0, 0.1) is 5.41 Å². The van der Waals surface area contributed by atoms with Crippen LogP contribution in [0.2, 0.25) is 0 Å². The van der Waals surface area contributed by atoms with E-state index in [0.29, 0.717) is 6.42 Å². The highest BCUT2D eigenvalue weighted by Crippen LogP contribution is 2.21. The van der Waals surface area contributed by atoms with Crippen molar-refractivity contribution in [3.05, 3.63) is 0 Å². The van der Waals surface area contributed by atoms with Crippen molar-refractivity contribution < 1.29 is 36.5 Å². The molecule has 11 heteroatoms. The molecule has 2 N–H and O–H groups in total. The van der Waals surface area contributed by atoms with Crippen molar-refractivity contribution in [3.8, 4) is 0 Å². The van der Waals surface area contributed by atoms with Crippen LogP contribution in [0.25, 0.3) is 0 Å². The second kappa shape index (κ2) is 12.0. The summed E-state index contributed by atoms with van der Waals surface area (Å²) in [5.41, 5.74) is -1.95. The van der Waals surface area contributed by atoms with Gasteiger partial charge in [0.2, 0.25) is 11.5 Å². The van der Waals surface area contributed by atoms with Gasteiger partial charge in [-0.05, 0) is 39.0 Å². The summed E-state index contributed by atoms with van der Waals surface area (Å²) in [7, 11) is -3.71. The first-order chi connectivity index (χ1) is 13.2. The molecule has 0 saturated heterocycles. The van der Waals surface area contributed by atoms with Crippen LogP contribution in [-0.4, -0.2) is 64.0 Å². The molecule has 0 atom stereocenters. The summed E-state index contributed by atoms with van der Waals surface area (Å²) in [6.07, 6.45) is -0.0969. The third kappa shape index (κ3) is 13.1. The summed E-state index contributed by atoms with van der Waals surface area (Å²) in [6, 6.07) is 0. The van der Waals surface area contributed by atoms with Crippen LogP contribution in [0.3, 0.4) is 0 Å². The molecule has 0 spiro atoms. The first-order valence-electron chi connectivity index (χ1n) is 9.46. The van der Waals surface area contributed by atoms with E-state index < -0.39 is 33.2 Å². The maximum absolute atomic E-state index is 11.9. The number of esters is 1. The van der Waals surface area contributed by atoms with Crippen LogP contribution in [0.4, 0.5) is 4.79 Å². The number of alkyl carbamates (subject to hydrolysis) is 1. The normalized spacial score (nSPS) is 12.2. The Bertz CT molecular complexity index is 659. The average molecular weight is 439 g/mol. The molecule has 0 rings (SSSR count). The van der Waals surface area contributed by atoms with Crippen LogP contribution in [0.1, 0.15) is 54.4 Å². The third-order valence-electron chi connectivity index (χ3n) is 3.76. The molecule has 10 nitrogen and oxygen atoms in total. The molecule has 0 heterocycles. The van der Waals surface area contributed by atoms with E-state index >= 15 is 0 Å². The van der Waals surface area contributed by atoms with E-state index in [1.807, 2.05) is 0 Å². The van der Waals surface area contributed by atoms with Crippen molar-refractivity contribution in [2.75, 3.05) is 32.1 Å². The number of rotatable bonds is 13. The number of carbonyl (C=O) groups excluding carboxylic acids is 3. The standard InChI is InChI=1S/C18H34N2O8S/c1-7-26-15(22)18(5,6)28-16(23)20-11-9-17(3,4)13-27-29(24,25)12-8-10-19-14(2)21/h7-13H2,1-6H3,(H,19,21)(H,20,23). The molecule has 0 saturated carbocycles. The highest BCUT2D eigenvalue weighted by molar-refractivity contribution is 7.86. The minimum absolute atomic E-state index is 0.0550. The zero-order chi connectivity index (χ0) is 22.7. The first kappa shape index (κ1) is 27.1. The Hall–Kier alpha value is -1.88. The van der Waals surface area contributed by atoms with Crippen LogP contribution < -0.4 is 10.6 Å². The van der Waals surface area contributed by atoms with E-state index in [9.17, 15) is 22.8 Å². The molecule has 170 valence electrons. The number of ether oxygens (including phenoxy) is 2. The number of hydrogen-bond donors (Lipinski definition) is 2. The van der Waals surface area contributed by atoms with Gasteiger partial charge in [0.25, 0.3) is 10.1 Å². The lowest BCUT2D eigenvalue weighted by Crippen LogP contribution is -2.42. The van der Waals surface area contributed by atoms with Crippen molar-refractivity contribution >= 4 is 28.1 Å². The van der Waals surface area contributed by atoms with E-state index in [4.69, 9.17) is 13.7 Å². The van der Waals surface area contributed by atoms with Gasteiger partial charge < -0.3 is 20.1 Å². The predicted molar refractivity (Wildman–Crippen MR) is 107 cm³/mol. The second-order valence-electron chi connectivity index (χ2n) is 7.82. The van der Waals surface area contributed by atoms with Crippen LogP contribution in [0.5, 0.6) is 0 Å². The minimum Gasteiger partial charge on any atom is -0.463 e. The summed E-state index contributed by atoms with van der Waals surface area (Å²) >= 11 is 0. The quantitative estimate of drug-likeness (QED) is 0.250. The Morgan fingerprint density at radius 2 is 1.62 bits per heavy atom. The van der Waals surface area contributed by atoms with Gasteiger partial charge in [-0.1, -0.05) is 13.8 Å². The summed E-state index contributed by atoms with van der Waals surface area (Å²) in [5, 5.41) is 5.05. The zero-order valence-electron chi connectivity index (χ0n) is 18.1. The van der Waals surface area contributed by atoms with Crippen molar-refractivity contribution in [2.24, 2.45) is 5.41 Å². The molecular formula is C18H34N2O8S. The second-order valence-corrected chi connectivity index (χ2v) is 9.58. The third-order valence-corrected chi connectivity index (χ3v) is 5.03. The molecule has 0 aromatic rings. The number of carbonyl (C=O) groups is 3. The van der Waals surface area contributed by atoms with Crippen molar-refractivity contribution in [1.29, 1.82) is 0 Å². The fourth-order valence-corrected chi connectivity index (χ4v) is 3.13. The van der Waals surface area contributed by atoms with Crippen LogP contribution in [-0.2, 0) is 33.4 Å². The van der Waals surface area contributed by atoms with E-state index in [1.54, 1.807) is 20.8 Å². The van der Waals surface area contributed by atoms with Gasteiger partial charge >= 0.3 is 12.1 Å². The summed E-state index contributed by atoms with van der Waals surface area (Å²) < 4.78 is 38.8. The Morgan fingerprint density at radius 3 is 2.17 bits per heavy atom. The topological polar surface area (TPSA) is 137 Å². The molecule has 0 aromatic heterocycles. The molecule has 0 radical (unpaired) electrons. The Balaban J connectivity index is 4.30. The summed E-state index contributed by atoms with van der Waals surface area (Å²) in [6.45, 7) is 10.1. The van der Waals surface area contributed by atoms with E-state index in [2.05, 4.69) is 10.6 Å². The van der Waals surface area contributed by atoms with Crippen molar-refractivity contribution in [2.45, 2.75) is 60.0 Å². The van der Waals surface area contributed by atoms with Gasteiger partial charge in [0.05, 0.1) is 19.0 Å². The van der Waals surface area contributed by atoms with Crippen LogP contribution >= 0.6 is 0 Å². The zero-order valence-corrected chi connectivity index (χ0v) is 18.9. The smallest absolute Gasteiger partial charge is 0.408 e. The lowest BCUT2D eigenvalue weighted by Gasteiger charge is -2.25. The first-order valence-corrected chi connectivity index (χ1v) is 11.0. The van der Waals surface area contributed by atoms with Crippen molar-refractivity contribution in [1.82, 2.24) is 10.6 Å². The fourth-order valence-electron chi connectivity index (χ4n) is 2.01. The van der Waals surface area contributed by atoms with Gasteiger partial charge in [0.15, 0.2) is 0 Å². The maximum atomic E-state index is 11.9. The number of amides is 2. The van der Waals surface area contributed by atoms with Crippen molar-refractivity contribution in [3.63, 3.8) is 0 Å². The SMILES string of the molecule is CCOC(=O)C(C)(C)OC(=O)NCCC(C)(C)COS(=O)(=O)CCCNC(C)=O. The fraction of sp³-hybridized carbons (Fsp3) is 0.833. The van der Waals surface area contributed by atoms with E-state index in [-0.39, 0.29) is 44.4 Å². The molecule has 29 heavy (non-hydrogen) atoms. The minimum atomic E-state index is -3.71. The number of hydrogen-bond acceptors (Lipinski definition) is 8. The molecular weight excluding hydrogens is 404 g/mol. The average Bonchev–Trinajstić information content (AvgIpc) is 2.57. The number of nitrogens with one attached hydrogen (secondary N) is 2. The predicted octanol–water partition coefficient (Wildman–Crippen LogP) is 1.34. The molecule has 0 bridgehead atoms. The lowest BCUT2D eigenvalue weighted by atomic mass is 9.91. The van der Waals surface area contributed by atoms with E-state index in [1.165, 1.54) is 20.8 Å². The van der Waals surface area contributed by atoms with Gasteiger partial charge in [-0.2, -0.15) is 8.42 Å². The Labute approximate surface area is 173 Å². The summed E-state index contributed by atoms with van der Waals surface area (Å²) in [4.78, 5) is 34.3. The molecule has 0 aliphatic carbocycles. The largest absolute Gasteiger partial charge is 0.463 e.